The summed E-state index contributed by atoms with van der Waals surface area (Å²) in [5.74, 6) is 0.969. The van der Waals surface area contributed by atoms with E-state index in [9.17, 15) is 0 Å². The Kier molecular flexibility index (Phi) is 4.01. The minimum atomic E-state index is -1.26. The molecule has 0 saturated heterocycles. The molecule has 0 N–H and O–H groups in total. The van der Waals surface area contributed by atoms with Crippen LogP contribution in [0, 0.1) is 0 Å². The summed E-state index contributed by atoms with van der Waals surface area (Å²) in [5.41, 5.74) is 0. The quantitative estimate of drug-likeness (QED) is 0.769. The molecule has 0 amide bonds. The molecule has 0 aliphatic rings. The first-order chi connectivity index (χ1) is 6.79. The van der Waals surface area contributed by atoms with Crippen LogP contribution in [0.2, 0.25) is 19.6 Å². The van der Waals surface area contributed by atoms with Crippen LogP contribution in [0.4, 0.5) is 0 Å². The molecule has 0 radical (unpaired) electrons. The van der Waals surface area contributed by atoms with E-state index in [-0.39, 0.29) is 6.10 Å². The topological polar surface area (TPSA) is 9.23 Å². The average Bonchev–Trinajstić information content (AvgIpc) is 1.99. The summed E-state index contributed by atoms with van der Waals surface area (Å²) in [6.07, 6.45) is 0.230. The molecule has 0 aliphatic carbocycles. The lowest BCUT2D eigenvalue weighted by atomic mass is 10.3. The van der Waals surface area contributed by atoms with Gasteiger partial charge in [0.2, 0.25) is 0 Å². The third-order valence-electron chi connectivity index (χ3n) is 2.11. The van der Waals surface area contributed by atoms with E-state index in [4.69, 9.17) is 4.74 Å². The number of rotatable bonds is 3. The van der Waals surface area contributed by atoms with Crippen molar-refractivity contribution < 1.29 is 4.74 Å². The summed E-state index contributed by atoms with van der Waals surface area (Å²) in [4.78, 5) is 0. The van der Waals surface area contributed by atoms with Crippen molar-refractivity contribution in [3.8, 4) is 5.75 Å². The van der Waals surface area contributed by atoms with Gasteiger partial charge in [-0.05, 0) is 32.0 Å². The van der Waals surface area contributed by atoms with Crippen molar-refractivity contribution in [1.29, 1.82) is 0 Å². The van der Waals surface area contributed by atoms with Crippen molar-refractivity contribution in [3.05, 3.63) is 22.7 Å². The fourth-order valence-electron chi connectivity index (χ4n) is 1.34. The Morgan fingerprint density at radius 1 is 1.13 bits per heavy atom. The standard InChI is InChI=1S/C12H19BrOSi/c1-9(2)14-11-6-10(13)7-12(8-11)15(3,4)5/h6-9H,1-5H3. The van der Waals surface area contributed by atoms with Gasteiger partial charge in [0.25, 0.3) is 0 Å². The zero-order chi connectivity index (χ0) is 11.6. The molecule has 1 rings (SSSR count). The van der Waals surface area contributed by atoms with E-state index in [2.05, 4.69) is 61.6 Å². The molecular formula is C12H19BrOSi. The Morgan fingerprint density at radius 2 is 1.73 bits per heavy atom. The second-order valence-corrected chi connectivity index (χ2v) is 11.1. The van der Waals surface area contributed by atoms with Crippen molar-refractivity contribution in [3.63, 3.8) is 0 Å². The fourth-order valence-corrected chi connectivity index (χ4v) is 3.18. The molecular weight excluding hydrogens is 268 g/mol. The number of ether oxygens (including phenoxy) is 1. The number of benzene rings is 1. The maximum absolute atomic E-state index is 5.72. The molecule has 0 saturated carbocycles. The average molecular weight is 287 g/mol. The molecule has 1 aromatic rings. The minimum Gasteiger partial charge on any atom is -0.491 e. The molecule has 1 aromatic carbocycles. The summed E-state index contributed by atoms with van der Waals surface area (Å²) in [6.45, 7) is 11.1. The normalized spacial score (nSPS) is 11.9. The zero-order valence-electron chi connectivity index (χ0n) is 10.1. The molecule has 0 heterocycles. The van der Waals surface area contributed by atoms with E-state index in [0.717, 1.165) is 10.2 Å². The Bertz CT molecular complexity index is 342. The highest BCUT2D eigenvalue weighted by Gasteiger charge is 2.17. The van der Waals surface area contributed by atoms with Gasteiger partial charge < -0.3 is 4.74 Å². The van der Waals surface area contributed by atoms with Crippen molar-refractivity contribution in [2.45, 2.75) is 39.6 Å². The highest BCUT2D eigenvalue weighted by atomic mass is 79.9. The first kappa shape index (κ1) is 12.8. The largest absolute Gasteiger partial charge is 0.491 e. The maximum atomic E-state index is 5.72. The molecule has 3 heteroatoms. The lowest BCUT2D eigenvalue weighted by molar-refractivity contribution is 0.242. The Labute approximate surface area is 102 Å². The summed E-state index contributed by atoms with van der Waals surface area (Å²) in [7, 11) is -1.26. The number of halogens is 1. The smallest absolute Gasteiger partial charge is 0.120 e. The predicted molar refractivity (Wildman–Crippen MR) is 72.9 cm³/mol. The SMILES string of the molecule is CC(C)Oc1cc(Br)cc([Si](C)(C)C)c1. The van der Waals surface area contributed by atoms with Gasteiger partial charge in [0, 0.05) is 4.47 Å². The Balaban J connectivity index is 3.06. The minimum absolute atomic E-state index is 0.230. The van der Waals surface area contributed by atoms with Crippen LogP contribution in [0.25, 0.3) is 0 Å². The fraction of sp³-hybridized carbons (Fsp3) is 0.500. The first-order valence-electron chi connectivity index (χ1n) is 5.27. The molecule has 0 spiro atoms. The number of hydrogen-bond donors (Lipinski definition) is 0. The van der Waals surface area contributed by atoms with Gasteiger partial charge in [0.1, 0.15) is 5.75 Å². The third-order valence-corrected chi connectivity index (χ3v) is 4.59. The van der Waals surface area contributed by atoms with E-state index in [0.29, 0.717) is 0 Å². The maximum Gasteiger partial charge on any atom is 0.120 e. The van der Waals surface area contributed by atoms with Crippen LogP contribution >= 0.6 is 15.9 Å². The van der Waals surface area contributed by atoms with E-state index in [1.165, 1.54) is 5.19 Å². The van der Waals surface area contributed by atoms with Crippen LogP contribution in [0.3, 0.4) is 0 Å². The monoisotopic (exact) mass is 286 g/mol. The van der Waals surface area contributed by atoms with Crippen LogP contribution in [-0.2, 0) is 0 Å². The molecule has 0 bridgehead atoms. The second-order valence-electron chi connectivity index (χ2n) is 5.09. The molecule has 0 aromatic heterocycles. The molecule has 0 aliphatic heterocycles. The summed E-state index contributed by atoms with van der Waals surface area (Å²) >= 11 is 3.54. The highest BCUT2D eigenvalue weighted by molar-refractivity contribution is 9.10. The molecule has 15 heavy (non-hydrogen) atoms. The predicted octanol–water partition coefficient (Wildman–Crippen LogP) is 3.78. The van der Waals surface area contributed by atoms with Gasteiger partial charge >= 0.3 is 0 Å². The van der Waals surface area contributed by atoms with Crippen molar-refractivity contribution in [1.82, 2.24) is 0 Å². The lowest BCUT2D eigenvalue weighted by Gasteiger charge is -2.19. The van der Waals surface area contributed by atoms with Gasteiger partial charge in [0.15, 0.2) is 0 Å². The molecule has 1 nitrogen and oxygen atoms in total. The van der Waals surface area contributed by atoms with E-state index < -0.39 is 8.07 Å². The van der Waals surface area contributed by atoms with Gasteiger partial charge in [0.05, 0.1) is 14.2 Å². The second kappa shape index (κ2) is 4.70. The summed E-state index contributed by atoms with van der Waals surface area (Å²) in [5, 5.41) is 1.42. The van der Waals surface area contributed by atoms with E-state index in [1.807, 2.05) is 6.07 Å². The molecule has 0 unspecified atom stereocenters. The Hall–Kier alpha value is -0.283. The third kappa shape index (κ3) is 3.99. The van der Waals surface area contributed by atoms with Crippen LogP contribution in [0.15, 0.2) is 22.7 Å². The molecule has 0 fully saturated rings. The van der Waals surface area contributed by atoms with Gasteiger partial charge in [-0.3, -0.25) is 0 Å². The van der Waals surface area contributed by atoms with Crippen LogP contribution in [0.5, 0.6) is 5.75 Å². The van der Waals surface area contributed by atoms with Gasteiger partial charge in [-0.15, -0.1) is 0 Å². The van der Waals surface area contributed by atoms with E-state index >= 15 is 0 Å². The highest BCUT2D eigenvalue weighted by Crippen LogP contribution is 2.20. The van der Waals surface area contributed by atoms with Crippen LogP contribution in [0.1, 0.15) is 13.8 Å². The van der Waals surface area contributed by atoms with Gasteiger partial charge in [-0.2, -0.15) is 0 Å². The summed E-state index contributed by atoms with van der Waals surface area (Å²) in [6, 6.07) is 6.42. The van der Waals surface area contributed by atoms with E-state index in [1.54, 1.807) is 0 Å². The van der Waals surface area contributed by atoms with Crippen LogP contribution < -0.4 is 9.92 Å². The molecule has 0 atom stereocenters. The lowest BCUT2D eigenvalue weighted by Crippen LogP contribution is -2.37. The van der Waals surface area contributed by atoms with Crippen LogP contribution in [-0.4, -0.2) is 14.2 Å². The van der Waals surface area contributed by atoms with Crippen molar-refractivity contribution in [2.24, 2.45) is 0 Å². The van der Waals surface area contributed by atoms with Crippen molar-refractivity contribution >= 4 is 29.2 Å². The zero-order valence-corrected chi connectivity index (χ0v) is 12.7. The Morgan fingerprint density at radius 3 is 2.20 bits per heavy atom. The van der Waals surface area contributed by atoms with Crippen molar-refractivity contribution in [2.75, 3.05) is 0 Å². The van der Waals surface area contributed by atoms with Gasteiger partial charge in [-0.25, -0.2) is 0 Å². The van der Waals surface area contributed by atoms with Gasteiger partial charge in [-0.1, -0.05) is 40.8 Å². The number of hydrogen-bond acceptors (Lipinski definition) is 1. The molecule has 84 valence electrons. The first-order valence-corrected chi connectivity index (χ1v) is 9.56. The summed E-state index contributed by atoms with van der Waals surface area (Å²) < 4.78 is 6.83.